The van der Waals surface area contributed by atoms with Gasteiger partial charge in [-0.2, -0.15) is 4.98 Å². The van der Waals surface area contributed by atoms with E-state index in [1.54, 1.807) is 0 Å². The van der Waals surface area contributed by atoms with Gasteiger partial charge >= 0.3 is 0 Å². The van der Waals surface area contributed by atoms with Crippen LogP contribution in [0.5, 0.6) is 5.88 Å². The van der Waals surface area contributed by atoms with E-state index in [0.29, 0.717) is 0 Å². The van der Waals surface area contributed by atoms with Gasteiger partial charge in [-0.3, -0.25) is 4.79 Å². The predicted molar refractivity (Wildman–Crippen MR) is 50.5 cm³/mol. The number of rotatable bonds is 3. The molecular weight excluding hydrogens is 236 g/mol. The van der Waals surface area contributed by atoms with Crippen LogP contribution < -0.4 is 4.74 Å². The van der Waals surface area contributed by atoms with Crippen molar-refractivity contribution in [2.24, 2.45) is 0 Å². The normalized spacial score (nSPS) is 9.77. The first kappa shape index (κ1) is 10.6. The van der Waals surface area contributed by atoms with Crippen molar-refractivity contribution in [1.82, 2.24) is 4.98 Å². The Morgan fingerprint density at radius 3 is 2.69 bits per heavy atom. The van der Waals surface area contributed by atoms with Crippen LogP contribution in [0.4, 0.5) is 0 Å². The van der Waals surface area contributed by atoms with Crippen molar-refractivity contribution in [3.05, 3.63) is 21.3 Å². The van der Waals surface area contributed by atoms with Crippen LogP contribution in [-0.2, 0) is 4.79 Å². The van der Waals surface area contributed by atoms with Gasteiger partial charge in [0.05, 0.1) is 5.02 Å². The Morgan fingerprint density at radius 2 is 2.08 bits per heavy atom. The highest BCUT2D eigenvalue weighted by atomic mass is 35.5. The Bertz CT molecular complexity index is 330. The van der Waals surface area contributed by atoms with Crippen LogP contribution in [-0.4, -0.2) is 17.9 Å². The van der Waals surface area contributed by atoms with Crippen LogP contribution in [0.25, 0.3) is 0 Å². The Hall–Kier alpha value is -0.510. The summed E-state index contributed by atoms with van der Waals surface area (Å²) in [5.41, 5.74) is 0. The van der Waals surface area contributed by atoms with E-state index < -0.39 is 0 Å². The van der Waals surface area contributed by atoms with Crippen LogP contribution in [0.15, 0.2) is 6.07 Å². The lowest BCUT2D eigenvalue weighted by Gasteiger charge is -2.04. The van der Waals surface area contributed by atoms with Gasteiger partial charge < -0.3 is 4.74 Å². The van der Waals surface area contributed by atoms with E-state index in [4.69, 9.17) is 39.5 Å². The molecule has 0 unspecified atom stereocenters. The molecule has 1 radical (unpaired) electrons. The number of nitrogens with zero attached hydrogens (tertiary/aromatic N) is 1. The lowest BCUT2D eigenvalue weighted by atomic mass is 10.5. The molecule has 0 aliphatic carbocycles. The highest BCUT2D eigenvalue weighted by Gasteiger charge is 2.08. The first-order valence-electron chi connectivity index (χ1n) is 3.14. The molecule has 0 aliphatic heterocycles. The summed E-state index contributed by atoms with van der Waals surface area (Å²) in [5, 5.41) is 0.505. The quantitative estimate of drug-likeness (QED) is 0.761. The molecule has 0 fully saturated rings. The molecule has 0 saturated heterocycles. The number of pyridine rings is 1. The summed E-state index contributed by atoms with van der Waals surface area (Å²) in [6.45, 7) is -0.245. The van der Waals surface area contributed by atoms with Crippen LogP contribution >= 0.6 is 34.8 Å². The summed E-state index contributed by atoms with van der Waals surface area (Å²) in [4.78, 5) is 13.6. The summed E-state index contributed by atoms with van der Waals surface area (Å²) >= 11 is 16.9. The lowest BCUT2D eigenvalue weighted by molar-refractivity contribution is 0.351. The fourth-order valence-electron chi connectivity index (χ4n) is 0.628. The molecule has 1 aromatic heterocycles. The first-order chi connectivity index (χ1) is 6.15. The van der Waals surface area contributed by atoms with Crippen LogP contribution in [0, 0.1) is 0 Å². The van der Waals surface area contributed by atoms with Crippen LogP contribution in [0.2, 0.25) is 15.2 Å². The Balaban J connectivity index is 2.94. The van der Waals surface area contributed by atoms with Gasteiger partial charge in [0, 0.05) is 0 Å². The second-order valence-electron chi connectivity index (χ2n) is 1.98. The molecule has 0 aromatic carbocycles. The first-order valence-corrected chi connectivity index (χ1v) is 4.28. The van der Waals surface area contributed by atoms with Crippen LogP contribution in [0.1, 0.15) is 0 Å². The molecule has 1 rings (SSSR count). The van der Waals surface area contributed by atoms with E-state index in [0.717, 1.165) is 0 Å². The molecule has 0 aliphatic rings. The van der Waals surface area contributed by atoms with Crippen molar-refractivity contribution in [3.63, 3.8) is 0 Å². The van der Waals surface area contributed by atoms with Crippen molar-refractivity contribution in [2.45, 2.75) is 0 Å². The molecule has 69 valence electrons. The molecule has 0 spiro atoms. The van der Waals surface area contributed by atoms with Gasteiger partial charge in [-0.05, 0) is 6.07 Å². The molecule has 1 heterocycles. The number of halogens is 3. The van der Waals surface area contributed by atoms with Crippen molar-refractivity contribution in [1.29, 1.82) is 0 Å². The Labute approximate surface area is 89.6 Å². The lowest BCUT2D eigenvalue weighted by Crippen LogP contribution is -2.00. The number of carbonyl (C=O) groups excluding carboxylic acids is 1. The zero-order valence-corrected chi connectivity index (χ0v) is 8.45. The maximum absolute atomic E-state index is 9.86. The van der Waals surface area contributed by atoms with Crippen molar-refractivity contribution in [3.8, 4) is 5.88 Å². The van der Waals surface area contributed by atoms with Gasteiger partial charge in [-0.15, -0.1) is 0 Å². The second-order valence-corrected chi connectivity index (χ2v) is 3.15. The number of ether oxygens (including phenoxy) is 1. The molecule has 0 saturated carbocycles. The third-order valence-corrected chi connectivity index (χ3v) is 2.07. The average Bonchev–Trinajstić information content (AvgIpc) is 2.09. The summed E-state index contributed by atoms with van der Waals surface area (Å²) in [6, 6.07) is 1.39. The van der Waals surface area contributed by atoms with Crippen molar-refractivity contribution < 1.29 is 9.53 Å². The maximum Gasteiger partial charge on any atom is 0.239 e. The van der Waals surface area contributed by atoms with E-state index in [2.05, 4.69) is 4.98 Å². The van der Waals surface area contributed by atoms with Gasteiger partial charge in [0.25, 0.3) is 0 Å². The molecule has 13 heavy (non-hydrogen) atoms. The molecule has 0 amide bonds. The summed E-state index contributed by atoms with van der Waals surface area (Å²) in [7, 11) is 0. The van der Waals surface area contributed by atoms with Gasteiger partial charge in [0.2, 0.25) is 12.2 Å². The van der Waals surface area contributed by atoms with E-state index in [9.17, 15) is 4.79 Å². The Kier molecular flexibility index (Phi) is 3.78. The third-order valence-electron chi connectivity index (χ3n) is 1.12. The highest BCUT2D eigenvalue weighted by molar-refractivity contribution is 6.42. The van der Waals surface area contributed by atoms with Gasteiger partial charge in [-0.1, -0.05) is 34.8 Å². The van der Waals surface area contributed by atoms with Gasteiger partial charge in [0.1, 0.15) is 5.02 Å². The topological polar surface area (TPSA) is 39.2 Å². The molecule has 6 heteroatoms. The van der Waals surface area contributed by atoms with Crippen molar-refractivity contribution >= 4 is 41.1 Å². The van der Waals surface area contributed by atoms with E-state index in [1.165, 1.54) is 12.4 Å². The second kappa shape index (κ2) is 4.65. The predicted octanol–water partition coefficient (Wildman–Crippen LogP) is 2.53. The summed E-state index contributed by atoms with van der Waals surface area (Å²) in [5.74, 6) is 0.0689. The summed E-state index contributed by atoms with van der Waals surface area (Å²) in [6.07, 6.45) is 1.53. The van der Waals surface area contributed by atoms with E-state index >= 15 is 0 Å². The van der Waals surface area contributed by atoms with Crippen molar-refractivity contribution in [2.75, 3.05) is 6.61 Å². The molecule has 1 aromatic rings. The Morgan fingerprint density at radius 1 is 1.38 bits per heavy atom. The largest absolute Gasteiger partial charge is 0.468 e. The highest BCUT2D eigenvalue weighted by Crippen LogP contribution is 2.30. The van der Waals surface area contributed by atoms with Gasteiger partial charge in [-0.25, -0.2) is 0 Å². The zero-order chi connectivity index (χ0) is 9.84. The standard InChI is InChI=1S/C7H3Cl3NO2/c8-4-3-5(9)7(11-6(4)10)13-2-1-12/h3H,2H2. The third kappa shape index (κ3) is 2.72. The minimum absolute atomic E-state index is 0.0689. The smallest absolute Gasteiger partial charge is 0.239 e. The molecule has 0 bridgehead atoms. The minimum atomic E-state index is -0.245. The summed E-state index contributed by atoms with van der Waals surface area (Å²) < 4.78 is 4.81. The fraction of sp³-hybridized carbons (Fsp3) is 0.143. The average molecular weight is 239 g/mol. The van der Waals surface area contributed by atoms with E-state index in [1.807, 2.05) is 0 Å². The monoisotopic (exact) mass is 238 g/mol. The SMILES string of the molecule is O=[C]COc1nc(Cl)c(Cl)cc1Cl. The number of hydrogen-bond acceptors (Lipinski definition) is 3. The van der Waals surface area contributed by atoms with Gasteiger partial charge in [0.15, 0.2) is 11.8 Å². The zero-order valence-electron chi connectivity index (χ0n) is 6.18. The maximum atomic E-state index is 9.86. The van der Waals surface area contributed by atoms with E-state index in [-0.39, 0.29) is 27.7 Å². The minimum Gasteiger partial charge on any atom is -0.468 e. The number of aromatic nitrogens is 1. The molecule has 0 atom stereocenters. The fourth-order valence-corrected chi connectivity index (χ4v) is 1.17. The molecule has 0 N–H and O–H groups in total. The number of hydrogen-bond donors (Lipinski definition) is 0. The molecule has 3 nitrogen and oxygen atoms in total. The van der Waals surface area contributed by atoms with Crippen LogP contribution in [0.3, 0.4) is 0 Å². The molecular formula is C7H3Cl3NO2.